The van der Waals surface area contributed by atoms with E-state index in [1.165, 1.54) is 12.1 Å². The molecule has 20 heavy (non-hydrogen) atoms. The third kappa shape index (κ3) is 4.87. The standard InChI is InChI=1S/C14H20N2O4/c1-4-5-11(3)15-14(17)9-20-12-6-7-13(16(18)19)10(2)8-12/h6-8,11H,4-5,9H2,1-3H3,(H,15,17). The van der Waals surface area contributed by atoms with Crippen molar-refractivity contribution in [2.24, 2.45) is 0 Å². The average molecular weight is 280 g/mol. The number of hydrogen-bond donors (Lipinski definition) is 1. The van der Waals surface area contributed by atoms with Crippen molar-refractivity contribution in [2.75, 3.05) is 6.61 Å². The predicted molar refractivity (Wildman–Crippen MR) is 75.8 cm³/mol. The van der Waals surface area contributed by atoms with Crippen molar-refractivity contribution in [1.82, 2.24) is 5.32 Å². The van der Waals surface area contributed by atoms with Crippen molar-refractivity contribution >= 4 is 11.6 Å². The number of rotatable bonds is 7. The Morgan fingerprint density at radius 1 is 1.50 bits per heavy atom. The van der Waals surface area contributed by atoms with E-state index in [0.717, 1.165) is 12.8 Å². The van der Waals surface area contributed by atoms with Gasteiger partial charge < -0.3 is 10.1 Å². The first-order valence-corrected chi connectivity index (χ1v) is 6.61. The Morgan fingerprint density at radius 2 is 2.20 bits per heavy atom. The van der Waals surface area contributed by atoms with Crippen LogP contribution in [0, 0.1) is 17.0 Å². The molecule has 0 saturated carbocycles. The summed E-state index contributed by atoms with van der Waals surface area (Å²) in [6.07, 6.45) is 1.92. The molecule has 1 N–H and O–H groups in total. The molecule has 0 bridgehead atoms. The Balaban J connectivity index is 2.52. The minimum absolute atomic E-state index is 0.0402. The zero-order valence-electron chi connectivity index (χ0n) is 12.0. The minimum atomic E-state index is -0.446. The number of nitrogens with one attached hydrogen (secondary N) is 1. The summed E-state index contributed by atoms with van der Waals surface area (Å²) in [4.78, 5) is 21.9. The number of nitro benzene ring substituents is 1. The molecule has 1 unspecified atom stereocenters. The van der Waals surface area contributed by atoms with Gasteiger partial charge in [0.2, 0.25) is 0 Å². The van der Waals surface area contributed by atoms with Gasteiger partial charge in [0.1, 0.15) is 5.75 Å². The van der Waals surface area contributed by atoms with Gasteiger partial charge in [-0.15, -0.1) is 0 Å². The Labute approximate surface area is 118 Å². The Hall–Kier alpha value is -2.11. The fraction of sp³-hybridized carbons (Fsp3) is 0.500. The SMILES string of the molecule is CCCC(C)NC(=O)COc1ccc([N+](=O)[O-])c(C)c1. The summed E-state index contributed by atoms with van der Waals surface area (Å²) in [6.45, 7) is 5.54. The molecule has 0 aliphatic carbocycles. The fourth-order valence-corrected chi connectivity index (χ4v) is 1.89. The highest BCUT2D eigenvalue weighted by Crippen LogP contribution is 2.22. The molecule has 0 saturated heterocycles. The summed E-state index contributed by atoms with van der Waals surface area (Å²) in [5.74, 6) is 0.258. The monoisotopic (exact) mass is 280 g/mol. The van der Waals surface area contributed by atoms with Crippen molar-refractivity contribution in [2.45, 2.75) is 39.7 Å². The Bertz CT molecular complexity index is 488. The van der Waals surface area contributed by atoms with Crippen LogP contribution in [0.25, 0.3) is 0 Å². The van der Waals surface area contributed by atoms with Gasteiger partial charge in [-0.3, -0.25) is 14.9 Å². The molecule has 1 aromatic carbocycles. The second-order valence-corrected chi connectivity index (χ2v) is 4.75. The molecule has 1 rings (SSSR count). The second-order valence-electron chi connectivity index (χ2n) is 4.75. The van der Waals surface area contributed by atoms with Crippen LogP contribution in [0.15, 0.2) is 18.2 Å². The van der Waals surface area contributed by atoms with Gasteiger partial charge in [-0.1, -0.05) is 13.3 Å². The molecule has 1 aromatic rings. The fourth-order valence-electron chi connectivity index (χ4n) is 1.89. The van der Waals surface area contributed by atoms with Gasteiger partial charge >= 0.3 is 0 Å². The zero-order chi connectivity index (χ0) is 15.1. The number of nitro groups is 1. The van der Waals surface area contributed by atoms with Gasteiger partial charge in [-0.2, -0.15) is 0 Å². The van der Waals surface area contributed by atoms with Gasteiger partial charge in [0, 0.05) is 17.7 Å². The molecular formula is C14H20N2O4. The van der Waals surface area contributed by atoms with Gasteiger partial charge in [-0.05, 0) is 32.4 Å². The largest absolute Gasteiger partial charge is 0.484 e. The summed E-state index contributed by atoms with van der Waals surface area (Å²) in [7, 11) is 0. The molecule has 0 aliphatic heterocycles. The number of amides is 1. The molecule has 0 aromatic heterocycles. The number of benzene rings is 1. The summed E-state index contributed by atoms with van der Waals surface area (Å²) >= 11 is 0. The van der Waals surface area contributed by atoms with Crippen molar-refractivity contribution in [3.05, 3.63) is 33.9 Å². The third-order valence-electron chi connectivity index (χ3n) is 2.86. The number of hydrogen-bond acceptors (Lipinski definition) is 4. The van der Waals surface area contributed by atoms with Crippen molar-refractivity contribution < 1.29 is 14.5 Å². The number of aryl methyl sites for hydroxylation is 1. The molecule has 6 heteroatoms. The van der Waals surface area contributed by atoms with Crippen LogP contribution < -0.4 is 10.1 Å². The topological polar surface area (TPSA) is 81.5 Å². The number of carbonyl (C=O) groups excluding carboxylic acids is 1. The van der Waals surface area contributed by atoms with E-state index in [9.17, 15) is 14.9 Å². The molecule has 0 fully saturated rings. The molecule has 1 atom stereocenters. The van der Waals surface area contributed by atoms with Crippen LogP contribution in [-0.2, 0) is 4.79 Å². The molecule has 0 spiro atoms. The molecule has 0 aliphatic rings. The van der Waals surface area contributed by atoms with Crippen LogP contribution in [0.4, 0.5) is 5.69 Å². The van der Waals surface area contributed by atoms with Crippen molar-refractivity contribution in [1.29, 1.82) is 0 Å². The molecular weight excluding hydrogens is 260 g/mol. The maximum atomic E-state index is 11.6. The van der Waals surface area contributed by atoms with Crippen LogP contribution in [-0.4, -0.2) is 23.5 Å². The summed E-state index contributed by atoms with van der Waals surface area (Å²) < 4.78 is 5.33. The quantitative estimate of drug-likeness (QED) is 0.614. The first-order valence-electron chi connectivity index (χ1n) is 6.61. The smallest absolute Gasteiger partial charge is 0.272 e. The van der Waals surface area contributed by atoms with Gasteiger partial charge in [-0.25, -0.2) is 0 Å². The summed E-state index contributed by atoms with van der Waals surface area (Å²) in [5, 5.41) is 13.5. The summed E-state index contributed by atoms with van der Waals surface area (Å²) in [5.41, 5.74) is 0.547. The first kappa shape index (κ1) is 15.9. The van der Waals surface area contributed by atoms with E-state index in [1.807, 2.05) is 6.92 Å². The van der Waals surface area contributed by atoms with E-state index in [4.69, 9.17) is 4.74 Å². The van der Waals surface area contributed by atoms with Gasteiger partial charge in [0.05, 0.1) is 4.92 Å². The van der Waals surface area contributed by atoms with Gasteiger partial charge in [0.25, 0.3) is 11.6 Å². The lowest BCUT2D eigenvalue weighted by molar-refractivity contribution is -0.385. The molecule has 0 radical (unpaired) electrons. The van der Waals surface area contributed by atoms with E-state index in [-0.39, 0.29) is 24.2 Å². The minimum Gasteiger partial charge on any atom is -0.484 e. The van der Waals surface area contributed by atoms with Crippen molar-refractivity contribution in [3.63, 3.8) is 0 Å². The second kappa shape index (κ2) is 7.47. The Morgan fingerprint density at radius 3 is 2.75 bits per heavy atom. The highest BCUT2D eigenvalue weighted by atomic mass is 16.6. The Kier molecular flexibility index (Phi) is 5.96. The predicted octanol–water partition coefficient (Wildman–Crippen LogP) is 2.59. The zero-order valence-corrected chi connectivity index (χ0v) is 12.0. The highest BCUT2D eigenvalue weighted by Gasteiger charge is 2.12. The lowest BCUT2D eigenvalue weighted by atomic mass is 10.2. The van der Waals surface area contributed by atoms with Crippen LogP contribution >= 0.6 is 0 Å². The van der Waals surface area contributed by atoms with E-state index < -0.39 is 4.92 Å². The number of ether oxygens (including phenoxy) is 1. The average Bonchev–Trinajstić information content (AvgIpc) is 2.36. The van der Waals surface area contributed by atoms with Crippen LogP contribution in [0.2, 0.25) is 0 Å². The normalized spacial score (nSPS) is 11.8. The van der Waals surface area contributed by atoms with E-state index in [2.05, 4.69) is 12.2 Å². The van der Waals surface area contributed by atoms with Gasteiger partial charge in [0.15, 0.2) is 6.61 Å². The van der Waals surface area contributed by atoms with Crippen LogP contribution in [0.1, 0.15) is 32.3 Å². The first-order chi connectivity index (χ1) is 9.43. The van der Waals surface area contributed by atoms with Crippen molar-refractivity contribution in [3.8, 4) is 5.75 Å². The molecule has 0 heterocycles. The molecule has 6 nitrogen and oxygen atoms in total. The number of carbonyl (C=O) groups is 1. The lowest BCUT2D eigenvalue weighted by Gasteiger charge is -2.13. The van der Waals surface area contributed by atoms with E-state index in [0.29, 0.717) is 11.3 Å². The molecule has 1 amide bonds. The summed E-state index contributed by atoms with van der Waals surface area (Å²) in [6, 6.07) is 4.55. The van der Waals surface area contributed by atoms with Crippen LogP contribution in [0.5, 0.6) is 5.75 Å². The molecule has 110 valence electrons. The number of nitrogens with zero attached hydrogens (tertiary/aromatic N) is 1. The van der Waals surface area contributed by atoms with E-state index >= 15 is 0 Å². The van der Waals surface area contributed by atoms with E-state index in [1.54, 1.807) is 13.0 Å². The third-order valence-corrected chi connectivity index (χ3v) is 2.86. The van der Waals surface area contributed by atoms with Crippen LogP contribution in [0.3, 0.4) is 0 Å². The maximum Gasteiger partial charge on any atom is 0.272 e. The lowest BCUT2D eigenvalue weighted by Crippen LogP contribution is -2.35. The highest BCUT2D eigenvalue weighted by molar-refractivity contribution is 5.77. The maximum absolute atomic E-state index is 11.6.